The average molecular weight is 413 g/mol. The van der Waals surface area contributed by atoms with Crippen molar-refractivity contribution in [1.82, 2.24) is 9.88 Å². The van der Waals surface area contributed by atoms with Crippen LogP contribution in [-0.2, 0) is 11.2 Å². The van der Waals surface area contributed by atoms with Gasteiger partial charge in [0.15, 0.2) is 16.6 Å². The Bertz CT molecular complexity index is 949. The fraction of sp³-hybridized carbons (Fsp3) is 0.476. The zero-order valence-corrected chi connectivity index (χ0v) is 16.9. The van der Waals surface area contributed by atoms with Crippen molar-refractivity contribution in [3.63, 3.8) is 0 Å². The topological polar surface area (TPSA) is 80.8 Å². The van der Waals surface area contributed by atoms with Crippen molar-refractivity contribution >= 4 is 28.3 Å². The van der Waals surface area contributed by atoms with Crippen LogP contribution in [0.5, 0.6) is 11.5 Å². The van der Waals surface area contributed by atoms with Crippen molar-refractivity contribution in [2.24, 2.45) is 0 Å². The first kappa shape index (κ1) is 18.4. The number of ether oxygens (including phenoxy) is 2. The van der Waals surface area contributed by atoms with E-state index in [4.69, 9.17) is 9.47 Å². The van der Waals surface area contributed by atoms with Gasteiger partial charge in [0.25, 0.3) is 5.91 Å². The van der Waals surface area contributed by atoms with E-state index in [0.29, 0.717) is 22.2 Å². The molecule has 1 unspecified atom stereocenters. The molecule has 5 rings (SSSR count). The molecule has 29 heavy (non-hydrogen) atoms. The third-order valence-corrected chi connectivity index (χ3v) is 6.84. The Morgan fingerprint density at radius 3 is 2.72 bits per heavy atom. The highest BCUT2D eigenvalue weighted by Gasteiger charge is 2.35. The second-order valence-electron chi connectivity index (χ2n) is 7.68. The molecule has 7 nitrogen and oxygen atoms in total. The molecule has 0 bridgehead atoms. The maximum Gasteiger partial charge on any atom is 0.257 e. The normalized spacial score (nSPS) is 20.3. The number of nitrogens with one attached hydrogen (secondary N) is 1. The van der Waals surface area contributed by atoms with Crippen molar-refractivity contribution < 1.29 is 19.1 Å². The van der Waals surface area contributed by atoms with Crippen molar-refractivity contribution in [2.75, 3.05) is 25.2 Å². The van der Waals surface area contributed by atoms with Gasteiger partial charge in [-0.15, -0.1) is 11.3 Å². The Morgan fingerprint density at radius 1 is 1.10 bits per heavy atom. The quantitative estimate of drug-likeness (QED) is 0.832. The average Bonchev–Trinajstić information content (AvgIpc) is 3.37. The summed E-state index contributed by atoms with van der Waals surface area (Å²) in [6.45, 7) is 1.87. The Balaban J connectivity index is 1.29. The predicted octanol–water partition coefficient (Wildman–Crippen LogP) is 3.56. The number of likely N-dealkylation sites (tertiary alicyclic amines) is 1. The van der Waals surface area contributed by atoms with E-state index in [0.717, 1.165) is 49.3 Å². The standard InChI is InChI=1S/C21H23N3O4S/c25-19(13-5-7-15-16(11-13)28-12-27-15)23-21-22-18-14(6-8-17(18)29-21)20(26)24-9-3-1-2-4-10-24/h5,7,11,14H,1-4,6,8-10,12H2,(H,22,23,25). The van der Waals surface area contributed by atoms with Crippen LogP contribution >= 0.6 is 11.3 Å². The van der Waals surface area contributed by atoms with E-state index in [2.05, 4.69) is 10.3 Å². The van der Waals surface area contributed by atoms with E-state index in [9.17, 15) is 9.59 Å². The lowest BCUT2D eigenvalue weighted by Crippen LogP contribution is -2.35. The van der Waals surface area contributed by atoms with E-state index in [-0.39, 0.29) is 24.5 Å². The van der Waals surface area contributed by atoms with Crippen LogP contribution in [0.25, 0.3) is 0 Å². The van der Waals surface area contributed by atoms with Gasteiger partial charge < -0.3 is 14.4 Å². The van der Waals surface area contributed by atoms with Crippen LogP contribution in [0, 0.1) is 0 Å². The van der Waals surface area contributed by atoms with Gasteiger partial charge in [-0.1, -0.05) is 12.8 Å². The number of aromatic nitrogens is 1. The second kappa shape index (κ2) is 7.67. The predicted molar refractivity (Wildman–Crippen MR) is 109 cm³/mol. The summed E-state index contributed by atoms with van der Waals surface area (Å²) in [4.78, 5) is 33.4. The third-order valence-electron chi connectivity index (χ3n) is 5.79. The molecule has 1 saturated heterocycles. The molecule has 1 aliphatic carbocycles. The Hall–Kier alpha value is -2.61. The second-order valence-corrected chi connectivity index (χ2v) is 8.76. The summed E-state index contributed by atoms with van der Waals surface area (Å²) < 4.78 is 10.6. The van der Waals surface area contributed by atoms with Crippen LogP contribution in [0.2, 0.25) is 0 Å². The van der Waals surface area contributed by atoms with Gasteiger partial charge in [0.1, 0.15) is 0 Å². The number of nitrogens with zero attached hydrogens (tertiary/aromatic N) is 2. The molecule has 2 amide bonds. The third kappa shape index (κ3) is 3.57. The highest BCUT2D eigenvalue weighted by Crippen LogP contribution is 2.40. The highest BCUT2D eigenvalue weighted by molar-refractivity contribution is 7.16. The van der Waals surface area contributed by atoms with Gasteiger partial charge in [-0.05, 0) is 43.9 Å². The first-order valence-electron chi connectivity index (χ1n) is 10.2. The van der Waals surface area contributed by atoms with Gasteiger partial charge in [-0.2, -0.15) is 0 Å². The van der Waals surface area contributed by atoms with Gasteiger partial charge >= 0.3 is 0 Å². The van der Waals surface area contributed by atoms with Gasteiger partial charge in [-0.3, -0.25) is 14.9 Å². The Morgan fingerprint density at radius 2 is 1.90 bits per heavy atom. The van der Waals surface area contributed by atoms with Crippen LogP contribution in [-0.4, -0.2) is 41.6 Å². The van der Waals surface area contributed by atoms with E-state index in [1.54, 1.807) is 18.2 Å². The number of amides is 2. The molecule has 1 aromatic heterocycles. The molecular formula is C21H23N3O4S. The van der Waals surface area contributed by atoms with Crippen molar-refractivity contribution in [1.29, 1.82) is 0 Å². The molecule has 2 aromatic rings. The molecule has 2 aliphatic heterocycles. The van der Waals surface area contributed by atoms with Crippen LogP contribution in [0.4, 0.5) is 5.13 Å². The maximum atomic E-state index is 13.1. The molecule has 0 saturated carbocycles. The summed E-state index contributed by atoms with van der Waals surface area (Å²) in [7, 11) is 0. The largest absolute Gasteiger partial charge is 0.454 e. The lowest BCUT2D eigenvalue weighted by Gasteiger charge is -2.23. The van der Waals surface area contributed by atoms with E-state index in [1.807, 2.05) is 4.90 Å². The lowest BCUT2D eigenvalue weighted by atomic mass is 10.1. The molecular weight excluding hydrogens is 390 g/mol. The molecule has 1 aromatic carbocycles. The highest BCUT2D eigenvalue weighted by atomic mass is 32.1. The van der Waals surface area contributed by atoms with Crippen LogP contribution in [0.1, 0.15) is 59.0 Å². The number of anilines is 1. The Labute approximate surface area is 173 Å². The van der Waals surface area contributed by atoms with Crippen molar-refractivity contribution in [3.8, 4) is 11.5 Å². The summed E-state index contributed by atoms with van der Waals surface area (Å²) >= 11 is 1.47. The van der Waals surface area contributed by atoms with E-state index >= 15 is 0 Å². The molecule has 152 valence electrons. The van der Waals surface area contributed by atoms with Crippen LogP contribution in [0.15, 0.2) is 18.2 Å². The molecule has 0 spiro atoms. The smallest absolute Gasteiger partial charge is 0.257 e. The minimum atomic E-state index is -0.244. The van der Waals surface area contributed by atoms with Crippen molar-refractivity contribution in [2.45, 2.75) is 44.4 Å². The van der Waals surface area contributed by atoms with Gasteiger partial charge in [0.05, 0.1) is 11.6 Å². The first-order valence-corrected chi connectivity index (χ1v) is 11.0. The molecule has 0 radical (unpaired) electrons. The van der Waals surface area contributed by atoms with E-state index in [1.165, 1.54) is 24.2 Å². The van der Waals surface area contributed by atoms with Crippen molar-refractivity contribution in [3.05, 3.63) is 34.3 Å². The van der Waals surface area contributed by atoms with E-state index < -0.39 is 0 Å². The summed E-state index contributed by atoms with van der Waals surface area (Å²) in [5.41, 5.74) is 1.34. The molecule has 1 N–H and O–H groups in total. The minimum absolute atomic E-state index is 0.171. The molecule has 1 atom stereocenters. The van der Waals surface area contributed by atoms with Crippen LogP contribution in [0.3, 0.4) is 0 Å². The number of aryl methyl sites for hydroxylation is 1. The number of fused-ring (bicyclic) bond motifs is 2. The summed E-state index contributed by atoms with van der Waals surface area (Å²) in [6.07, 6.45) is 6.23. The lowest BCUT2D eigenvalue weighted by molar-refractivity contribution is -0.132. The number of rotatable bonds is 3. The Kier molecular flexibility index (Phi) is 4.87. The van der Waals surface area contributed by atoms with Gasteiger partial charge in [0.2, 0.25) is 12.7 Å². The summed E-state index contributed by atoms with van der Waals surface area (Å²) in [5.74, 6) is 0.998. The molecule has 3 aliphatic rings. The number of carbonyl (C=O) groups is 2. The zero-order valence-electron chi connectivity index (χ0n) is 16.1. The number of thiazole rings is 1. The molecule has 3 heterocycles. The van der Waals surface area contributed by atoms with Crippen LogP contribution < -0.4 is 14.8 Å². The fourth-order valence-corrected chi connectivity index (χ4v) is 5.27. The SMILES string of the molecule is O=C(Nc1nc2c(s1)CCC2C(=O)N1CCCCCC1)c1ccc2c(c1)OCO2. The number of hydrogen-bond donors (Lipinski definition) is 1. The maximum absolute atomic E-state index is 13.1. The monoisotopic (exact) mass is 413 g/mol. The first-order chi connectivity index (χ1) is 14.2. The summed E-state index contributed by atoms with van der Waals surface area (Å²) in [5, 5.41) is 3.42. The summed E-state index contributed by atoms with van der Waals surface area (Å²) in [6, 6.07) is 5.11. The fourth-order valence-electron chi connectivity index (χ4n) is 4.24. The molecule has 8 heteroatoms. The molecule has 1 fully saturated rings. The number of benzene rings is 1. The zero-order chi connectivity index (χ0) is 19.8. The number of hydrogen-bond acceptors (Lipinski definition) is 6. The minimum Gasteiger partial charge on any atom is -0.454 e. The van der Waals surface area contributed by atoms with Gasteiger partial charge in [-0.25, -0.2) is 4.98 Å². The van der Waals surface area contributed by atoms with Gasteiger partial charge in [0, 0.05) is 23.5 Å². The number of carbonyl (C=O) groups excluding carboxylic acids is 2.